The fourth-order valence-corrected chi connectivity index (χ4v) is 2.53. The Kier molecular flexibility index (Phi) is 5.99. The fourth-order valence-electron chi connectivity index (χ4n) is 2.53. The molecule has 1 N–H and O–H groups in total. The van der Waals surface area contributed by atoms with Crippen LogP contribution in [0.15, 0.2) is 54.6 Å². The number of nitrogens with zero attached hydrogens (tertiary/aromatic N) is 1. The van der Waals surface area contributed by atoms with Crippen molar-refractivity contribution in [1.82, 2.24) is 4.90 Å². The normalized spacial score (nSPS) is 11.2. The van der Waals surface area contributed by atoms with Crippen molar-refractivity contribution in [3.05, 3.63) is 65.7 Å². The van der Waals surface area contributed by atoms with Crippen LogP contribution in [-0.4, -0.2) is 35.2 Å². The zero-order valence-corrected chi connectivity index (χ0v) is 14.5. The van der Waals surface area contributed by atoms with Gasteiger partial charge in [0.1, 0.15) is 5.75 Å². The van der Waals surface area contributed by atoms with Crippen LogP contribution in [0.25, 0.3) is 0 Å². The van der Waals surface area contributed by atoms with Crippen LogP contribution in [0.5, 0.6) is 5.75 Å². The molecule has 0 saturated carbocycles. The summed E-state index contributed by atoms with van der Waals surface area (Å²) in [5.41, 5.74) is 1.03. The van der Waals surface area contributed by atoms with E-state index in [0.29, 0.717) is 13.0 Å². The molecule has 2 rings (SSSR count). The SMILES string of the molecule is COc1ccc(CC(=O)N(Cc2ccccc2)CC(C)(C)O)cc1. The summed E-state index contributed by atoms with van der Waals surface area (Å²) < 4.78 is 5.14. The highest BCUT2D eigenvalue weighted by Crippen LogP contribution is 2.15. The third kappa shape index (κ3) is 5.70. The molecule has 0 aliphatic heterocycles. The van der Waals surface area contributed by atoms with Gasteiger partial charge in [-0.15, -0.1) is 0 Å². The number of ether oxygens (including phenoxy) is 1. The first-order chi connectivity index (χ1) is 11.4. The Morgan fingerprint density at radius 1 is 1.04 bits per heavy atom. The number of hydrogen-bond acceptors (Lipinski definition) is 3. The van der Waals surface area contributed by atoms with Crippen LogP contribution in [-0.2, 0) is 17.8 Å². The largest absolute Gasteiger partial charge is 0.497 e. The third-order valence-electron chi connectivity index (χ3n) is 3.66. The number of carbonyl (C=O) groups excluding carboxylic acids is 1. The molecule has 0 spiro atoms. The fraction of sp³-hybridized carbons (Fsp3) is 0.350. The first-order valence-corrected chi connectivity index (χ1v) is 8.04. The zero-order valence-electron chi connectivity index (χ0n) is 14.5. The summed E-state index contributed by atoms with van der Waals surface area (Å²) in [6, 6.07) is 17.3. The molecular weight excluding hydrogens is 302 g/mol. The predicted octanol–water partition coefficient (Wildman–Crippen LogP) is 3.04. The lowest BCUT2D eigenvalue weighted by Gasteiger charge is -2.29. The lowest BCUT2D eigenvalue weighted by atomic mass is 10.1. The smallest absolute Gasteiger partial charge is 0.227 e. The first-order valence-electron chi connectivity index (χ1n) is 8.04. The Labute approximate surface area is 143 Å². The minimum atomic E-state index is -0.940. The predicted molar refractivity (Wildman–Crippen MR) is 94.9 cm³/mol. The second kappa shape index (κ2) is 7.97. The van der Waals surface area contributed by atoms with E-state index in [1.165, 1.54) is 0 Å². The van der Waals surface area contributed by atoms with Gasteiger partial charge in [0, 0.05) is 13.1 Å². The molecule has 0 saturated heterocycles. The van der Waals surface area contributed by atoms with Crippen LogP contribution in [0.1, 0.15) is 25.0 Å². The highest BCUT2D eigenvalue weighted by Gasteiger charge is 2.22. The molecule has 4 heteroatoms. The van der Waals surface area contributed by atoms with Crippen LogP contribution in [0.4, 0.5) is 0 Å². The maximum Gasteiger partial charge on any atom is 0.227 e. The van der Waals surface area contributed by atoms with Crippen molar-refractivity contribution in [2.24, 2.45) is 0 Å². The molecule has 0 unspecified atom stereocenters. The summed E-state index contributed by atoms with van der Waals surface area (Å²) in [6.45, 7) is 4.20. The molecule has 0 bridgehead atoms. The lowest BCUT2D eigenvalue weighted by Crippen LogP contribution is -2.42. The molecule has 0 aromatic heterocycles. The Balaban J connectivity index is 2.10. The van der Waals surface area contributed by atoms with Crippen molar-refractivity contribution in [2.75, 3.05) is 13.7 Å². The van der Waals surface area contributed by atoms with Crippen molar-refractivity contribution in [3.63, 3.8) is 0 Å². The second-order valence-corrected chi connectivity index (χ2v) is 6.57. The number of methoxy groups -OCH3 is 1. The molecule has 0 aliphatic carbocycles. The molecule has 0 atom stereocenters. The van der Waals surface area contributed by atoms with Gasteiger partial charge in [-0.2, -0.15) is 0 Å². The van der Waals surface area contributed by atoms with Crippen molar-refractivity contribution in [1.29, 1.82) is 0 Å². The van der Waals surface area contributed by atoms with Gasteiger partial charge in [0.25, 0.3) is 0 Å². The molecule has 1 amide bonds. The number of aliphatic hydroxyl groups is 1. The molecule has 2 aromatic carbocycles. The number of amides is 1. The molecule has 0 radical (unpaired) electrons. The van der Waals surface area contributed by atoms with E-state index in [1.54, 1.807) is 25.9 Å². The minimum absolute atomic E-state index is 0.00820. The molecule has 128 valence electrons. The van der Waals surface area contributed by atoms with E-state index in [1.807, 2.05) is 54.6 Å². The van der Waals surface area contributed by atoms with E-state index in [-0.39, 0.29) is 12.5 Å². The molecule has 0 aliphatic rings. The van der Waals surface area contributed by atoms with Gasteiger partial charge in [-0.25, -0.2) is 0 Å². The van der Waals surface area contributed by atoms with Crippen LogP contribution < -0.4 is 4.74 Å². The van der Waals surface area contributed by atoms with Crippen molar-refractivity contribution >= 4 is 5.91 Å². The Hall–Kier alpha value is -2.33. The minimum Gasteiger partial charge on any atom is -0.497 e. The maximum atomic E-state index is 12.7. The highest BCUT2D eigenvalue weighted by molar-refractivity contribution is 5.79. The number of carbonyl (C=O) groups is 1. The van der Waals surface area contributed by atoms with Crippen LogP contribution in [0.2, 0.25) is 0 Å². The Morgan fingerprint density at radius 2 is 1.67 bits per heavy atom. The third-order valence-corrected chi connectivity index (χ3v) is 3.66. The highest BCUT2D eigenvalue weighted by atomic mass is 16.5. The van der Waals surface area contributed by atoms with Gasteiger partial charge >= 0.3 is 0 Å². The summed E-state index contributed by atoms with van der Waals surface area (Å²) in [7, 11) is 1.62. The molecule has 2 aromatic rings. The topological polar surface area (TPSA) is 49.8 Å². The monoisotopic (exact) mass is 327 g/mol. The first kappa shape index (κ1) is 18.0. The second-order valence-electron chi connectivity index (χ2n) is 6.57. The summed E-state index contributed by atoms with van der Waals surface area (Å²) in [6.07, 6.45) is 0.299. The Morgan fingerprint density at radius 3 is 2.21 bits per heavy atom. The van der Waals surface area contributed by atoms with Gasteiger partial charge in [0.15, 0.2) is 0 Å². The van der Waals surface area contributed by atoms with Crippen LogP contribution in [0.3, 0.4) is 0 Å². The van der Waals surface area contributed by atoms with E-state index < -0.39 is 5.60 Å². The molecule has 4 nitrogen and oxygen atoms in total. The van der Waals surface area contributed by atoms with Gasteiger partial charge in [-0.3, -0.25) is 4.79 Å². The molecule has 0 heterocycles. The van der Waals surface area contributed by atoms with Gasteiger partial charge < -0.3 is 14.7 Å². The maximum absolute atomic E-state index is 12.7. The van der Waals surface area contributed by atoms with Gasteiger partial charge in [0.2, 0.25) is 5.91 Å². The lowest BCUT2D eigenvalue weighted by molar-refractivity contribution is -0.134. The van der Waals surface area contributed by atoms with Gasteiger partial charge in [-0.05, 0) is 37.1 Å². The number of benzene rings is 2. The number of hydrogen-bond donors (Lipinski definition) is 1. The Bertz CT molecular complexity index is 645. The number of rotatable bonds is 7. The average Bonchev–Trinajstić information content (AvgIpc) is 2.54. The molecule has 0 fully saturated rings. The van der Waals surface area contributed by atoms with E-state index in [9.17, 15) is 9.90 Å². The van der Waals surface area contributed by atoms with Crippen molar-refractivity contribution < 1.29 is 14.6 Å². The summed E-state index contributed by atoms with van der Waals surface area (Å²) in [4.78, 5) is 14.4. The van der Waals surface area contributed by atoms with E-state index in [2.05, 4.69) is 0 Å². The summed E-state index contributed by atoms with van der Waals surface area (Å²) in [5, 5.41) is 10.1. The average molecular weight is 327 g/mol. The molecule has 24 heavy (non-hydrogen) atoms. The summed E-state index contributed by atoms with van der Waals surface area (Å²) >= 11 is 0. The van der Waals surface area contributed by atoms with Crippen LogP contribution in [0, 0.1) is 0 Å². The van der Waals surface area contributed by atoms with E-state index >= 15 is 0 Å². The van der Waals surface area contributed by atoms with Gasteiger partial charge in [0.05, 0.1) is 19.1 Å². The zero-order chi connectivity index (χ0) is 17.6. The van der Waals surface area contributed by atoms with E-state index in [0.717, 1.165) is 16.9 Å². The van der Waals surface area contributed by atoms with Gasteiger partial charge in [-0.1, -0.05) is 42.5 Å². The quantitative estimate of drug-likeness (QED) is 0.850. The summed E-state index contributed by atoms with van der Waals surface area (Å²) in [5.74, 6) is 0.759. The standard InChI is InChI=1S/C20H25NO3/c1-20(2,23)15-21(14-17-7-5-4-6-8-17)19(22)13-16-9-11-18(24-3)12-10-16/h4-12,23H,13-15H2,1-3H3. The van der Waals surface area contributed by atoms with Crippen LogP contribution >= 0.6 is 0 Å². The van der Waals surface area contributed by atoms with Crippen molar-refractivity contribution in [3.8, 4) is 5.75 Å². The molecular formula is C20H25NO3. The van der Waals surface area contributed by atoms with Crippen molar-refractivity contribution in [2.45, 2.75) is 32.4 Å². The van der Waals surface area contributed by atoms with E-state index in [4.69, 9.17) is 4.74 Å².